The minimum Gasteiger partial charge on any atom is -0.668 e. The van der Waals surface area contributed by atoms with Crippen LogP contribution < -0.4 is 0 Å². The van der Waals surface area contributed by atoms with Crippen molar-refractivity contribution in [2.24, 2.45) is 0 Å². The van der Waals surface area contributed by atoms with Gasteiger partial charge in [0.2, 0.25) is 0 Å². The molecular formula is C4H12CuNO. The van der Waals surface area contributed by atoms with E-state index in [1.807, 2.05) is 0 Å². The van der Waals surface area contributed by atoms with Gasteiger partial charge in [-0.3, -0.25) is 0 Å². The van der Waals surface area contributed by atoms with Gasteiger partial charge < -0.3 is 10.4 Å². The predicted octanol–water partition coefficient (Wildman–Crippen LogP) is 0.616. The molecule has 0 unspecified atom stereocenters. The molecule has 2 nitrogen and oxygen atoms in total. The predicted molar refractivity (Wildman–Crippen MR) is 28.0 cm³/mol. The molecule has 0 aliphatic heterocycles. The average Bonchev–Trinajstić information content (AvgIpc) is 1.39. The molecule has 0 aromatic rings. The summed E-state index contributed by atoms with van der Waals surface area (Å²) < 4.78 is 0. The number of aliphatic hydroxyl groups excluding tert-OH is 1. The molecule has 3 heteroatoms. The van der Waals surface area contributed by atoms with E-state index in [0.717, 1.165) is 0 Å². The largest absolute Gasteiger partial charge is 1.00 e. The molecule has 0 atom stereocenters. The molecule has 0 fully saturated rings. The topological polar surface area (TPSA) is 34.3 Å². The van der Waals surface area contributed by atoms with Gasteiger partial charge in [-0.05, 0) is 6.92 Å². The Labute approximate surface area is 55.8 Å². The maximum absolute atomic E-state index is 7.57. The van der Waals surface area contributed by atoms with E-state index in [2.05, 4.69) is 5.32 Å². The van der Waals surface area contributed by atoms with Crippen LogP contribution in [0.5, 0.6) is 0 Å². The maximum atomic E-state index is 7.57. The minimum atomic E-state index is 0. The van der Waals surface area contributed by atoms with Crippen LogP contribution in [0.2, 0.25) is 0 Å². The van der Waals surface area contributed by atoms with Gasteiger partial charge in [0.25, 0.3) is 0 Å². The summed E-state index contributed by atoms with van der Waals surface area (Å²) in [6.07, 6.45) is 0. The monoisotopic (exact) mass is 153 g/mol. The third-order valence-corrected chi connectivity index (χ3v) is 0. The molecule has 0 aromatic heterocycles. The zero-order valence-electron chi connectivity index (χ0n) is 4.90. The Morgan fingerprint density at radius 3 is 1.43 bits per heavy atom. The van der Waals surface area contributed by atoms with Crippen molar-refractivity contribution in [3.8, 4) is 0 Å². The van der Waals surface area contributed by atoms with Gasteiger partial charge in [-0.15, -0.1) is 0 Å². The molecule has 0 aliphatic carbocycles. The van der Waals surface area contributed by atoms with E-state index in [4.69, 9.17) is 5.11 Å². The van der Waals surface area contributed by atoms with Gasteiger partial charge in [-0.1, -0.05) is 0 Å². The molecule has 0 heterocycles. The van der Waals surface area contributed by atoms with E-state index < -0.39 is 0 Å². The van der Waals surface area contributed by atoms with Crippen LogP contribution in [0.25, 0.3) is 5.32 Å². The normalized spacial score (nSPS) is 5.14. The van der Waals surface area contributed by atoms with Gasteiger partial charge in [-0.2, -0.15) is 14.1 Å². The summed E-state index contributed by atoms with van der Waals surface area (Å²) >= 11 is 0. The van der Waals surface area contributed by atoms with Crippen molar-refractivity contribution in [3.63, 3.8) is 0 Å². The van der Waals surface area contributed by atoms with Crippen molar-refractivity contribution >= 4 is 0 Å². The third kappa shape index (κ3) is 657. The standard InChI is InChI=1S/C2H6N.C2H6O.Cu/c1-3-2;1-2-3;/h1-2H3;3H,2H2,1H3;/q-1;;+1. The zero-order valence-corrected chi connectivity index (χ0v) is 5.84. The summed E-state index contributed by atoms with van der Waals surface area (Å²) in [5.41, 5.74) is 0. The number of nitrogens with zero attached hydrogens (tertiary/aromatic N) is 1. The summed E-state index contributed by atoms with van der Waals surface area (Å²) in [5.74, 6) is 0. The fraction of sp³-hybridized carbons (Fsp3) is 1.00. The van der Waals surface area contributed by atoms with E-state index in [0.29, 0.717) is 0 Å². The molecule has 7 heavy (non-hydrogen) atoms. The number of rotatable bonds is 0. The van der Waals surface area contributed by atoms with Crippen LogP contribution >= 0.6 is 0 Å². The zero-order chi connectivity index (χ0) is 5.41. The van der Waals surface area contributed by atoms with Gasteiger partial charge in [-0.25, -0.2) is 0 Å². The van der Waals surface area contributed by atoms with Crippen LogP contribution in [0.1, 0.15) is 6.92 Å². The molecule has 0 saturated carbocycles. The van der Waals surface area contributed by atoms with Crippen molar-refractivity contribution in [3.05, 3.63) is 5.32 Å². The van der Waals surface area contributed by atoms with Gasteiger partial charge in [0.05, 0.1) is 0 Å². The quantitative estimate of drug-likeness (QED) is 0.509. The van der Waals surface area contributed by atoms with Crippen molar-refractivity contribution in [2.75, 3.05) is 20.7 Å². The summed E-state index contributed by atoms with van der Waals surface area (Å²) in [4.78, 5) is 0. The Morgan fingerprint density at radius 1 is 1.43 bits per heavy atom. The molecule has 1 N–H and O–H groups in total. The Morgan fingerprint density at radius 2 is 1.43 bits per heavy atom. The molecule has 0 rings (SSSR count). The second-order valence-corrected chi connectivity index (χ2v) is 0.763. The Balaban J connectivity index is -0.0000000400. The van der Waals surface area contributed by atoms with E-state index in [1.54, 1.807) is 21.0 Å². The first-order chi connectivity index (χ1) is 2.83. The van der Waals surface area contributed by atoms with Crippen LogP contribution in [0.4, 0.5) is 0 Å². The first kappa shape index (κ1) is 15.7. The van der Waals surface area contributed by atoms with Crippen LogP contribution in [-0.4, -0.2) is 25.8 Å². The van der Waals surface area contributed by atoms with E-state index in [1.165, 1.54) is 0 Å². The minimum absolute atomic E-state index is 0. The maximum Gasteiger partial charge on any atom is 1.00 e. The van der Waals surface area contributed by atoms with Crippen molar-refractivity contribution < 1.29 is 22.2 Å². The van der Waals surface area contributed by atoms with Crippen LogP contribution in [0.15, 0.2) is 0 Å². The van der Waals surface area contributed by atoms with Gasteiger partial charge in [0.1, 0.15) is 0 Å². The van der Waals surface area contributed by atoms with Crippen molar-refractivity contribution in [1.29, 1.82) is 0 Å². The van der Waals surface area contributed by atoms with Crippen molar-refractivity contribution in [1.82, 2.24) is 0 Å². The molecule has 0 saturated heterocycles. The van der Waals surface area contributed by atoms with Gasteiger partial charge in [0, 0.05) is 6.61 Å². The first-order valence-electron chi connectivity index (χ1n) is 1.92. The molecule has 0 amide bonds. The number of hydrogen-bond acceptors (Lipinski definition) is 1. The number of hydrogen-bond donors (Lipinski definition) is 1. The molecule has 0 aromatic carbocycles. The Bertz CT molecular complexity index is 13.7. The second kappa shape index (κ2) is 32.0. The van der Waals surface area contributed by atoms with Gasteiger partial charge in [0.15, 0.2) is 0 Å². The SMILES string of the molecule is CCO.C[N-]C.[Cu+]. The summed E-state index contributed by atoms with van der Waals surface area (Å²) in [5, 5.41) is 11.1. The first-order valence-corrected chi connectivity index (χ1v) is 1.92. The summed E-state index contributed by atoms with van der Waals surface area (Å²) in [6, 6.07) is 0. The fourth-order valence-electron chi connectivity index (χ4n) is 0. The molecule has 0 bridgehead atoms. The van der Waals surface area contributed by atoms with Crippen molar-refractivity contribution in [2.45, 2.75) is 6.92 Å². The molecule has 0 radical (unpaired) electrons. The second-order valence-electron chi connectivity index (χ2n) is 0.763. The van der Waals surface area contributed by atoms with Gasteiger partial charge >= 0.3 is 17.1 Å². The molecular weight excluding hydrogens is 142 g/mol. The number of aliphatic hydroxyl groups is 1. The average molecular weight is 154 g/mol. The third-order valence-electron chi connectivity index (χ3n) is 0. The van der Waals surface area contributed by atoms with E-state index in [9.17, 15) is 0 Å². The molecule has 50 valence electrons. The fourth-order valence-corrected chi connectivity index (χ4v) is 0. The van der Waals surface area contributed by atoms with Crippen LogP contribution in [0, 0.1) is 0 Å². The smallest absolute Gasteiger partial charge is 0.668 e. The Kier molecular flexibility index (Phi) is 71.6. The summed E-state index contributed by atoms with van der Waals surface area (Å²) in [6.45, 7) is 1.93. The van der Waals surface area contributed by atoms with E-state index in [-0.39, 0.29) is 23.7 Å². The van der Waals surface area contributed by atoms with Crippen LogP contribution in [-0.2, 0) is 17.1 Å². The van der Waals surface area contributed by atoms with E-state index >= 15 is 0 Å². The van der Waals surface area contributed by atoms with Crippen LogP contribution in [0.3, 0.4) is 0 Å². The summed E-state index contributed by atoms with van der Waals surface area (Å²) in [7, 11) is 3.50. The Hall–Kier alpha value is 0.439. The molecule has 0 aliphatic rings. The molecule has 0 spiro atoms.